The van der Waals surface area contributed by atoms with E-state index in [0.29, 0.717) is 92.1 Å². The molecule has 0 spiro atoms. The minimum Gasteiger partial charge on any atom is -0.255 e. The third-order valence-corrected chi connectivity index (χ3v) is 20.1. The molecule has 10 heterocycles. The van der Waals surface area contributed by atoms with Crippen molar-refractivity contribution in [3.63, 3.8) is 0 Å². The van der Waals surface area contributed by atoms with E-state index in [9.17, 15) is 0 Å². The molecule has 0 saturated heterocycles. The Morgan fingerprint density at radius 2 is 0.350 bits per heavy atom. The lowest BCUT2D eigenvalue weighted by Gasteiger charge is -2.13. The van der Waals surface area contributed by atoms with Gasteiger partial charge in [0.15, 0.2) is 46.6 Å². The standard InChI is InChI=1S/2C52H34N8/c1-6-17-35(18-7-1)41-32-46(45-31-40(28-30-53-45)51-56-43(36-19-8-2-9-20-36)34-44(57-51)37-21-10-3-11-22-37)55-47(33-41)48-42(27-16-29-54-48)52-59-49(38-23-12-4-13-24-38)58-50(60-52)39-25-14-5-15-26-39;1-6-16-35(17-7-1)42-32-47(45-30-40(26-28-53-45)51-56-43(36-18-8-2-9-19-36)34-44(57-51)37-20-10-3-11-21-37)55-48(33-42)46-31-41(27-29-54-46)52-59-49(38-22-12-4-13-23-38)58-50(60-52)39-24-14-5-15-25-39/h2*1-34H. The molecule has 10 aromatic heterocycles. The topological polar surface area (TPSA) is 206 Å². The Morgan fingerprint density at radius 1 is 0.117 bits per heavy atom. The van der Waals surface area contributed by atoms with Gasteiger partial charge in [-0.25, -0.2) is 59.8 Å². The number of hydrogen-bond donors (Lipinski definition) is 0. The molecule has 0 atom stereocenters. The predicted molar refractivity (Wildman–Crippen MR) is 475 cm³/mol. The molecule has 16 nitrogen and oxygen atoms in total. The number of hydrogen-bond acceptors (Lipinski definition) is 16. The molecule has 10 aromatic carbocycles. The van der Waals surface area contributed by atoms with Crippen LogP contribution >= 0.6 is 0 Å². The average molecular weight is 1540 g/mol. The number of rotatable bonds is 18. The van der Waals surface area contributed by atoms with Gasteiger partial charge in [0, 0.05) is 91.5 Å². The molecule has 0 saturated carbocycles. The molecule has 16 heteroatoms. The van der Waals surface area contributed by atoms with E-state index in [1.54, 1.807) is 24.8 Å². The van der Waals surface area contributed by atoms with Crippen molar-refractivity contribution in [1.29, 1.82) is 0 Å². The summed E-state index contributed by atoms with van der Waals surface area (Å²) >= 11 is 0. The van der Waals surface area contributed by atoms with Crippen LogP contribution in [0.25, 0.3) is 204 Å². The Labute approximate surface area is 692 Å². The maximum Gasteiger partial charge on any atom is 0.166 e. The highest BCUT2D eigenvalue weighted by Crippen LogP contribution is 2.39. The molecular formula is C104H68N16. The number of aromatic nitrogens is 16. The summed E-state index contributed by atoms with van der Waals surface area (Å²) < 4.78 is 0. The van der Waals surface area contributed by atoms with Crippen LogP contribution in [0.2, 0.25) is 0 Å². The molecule has 0 radical (unpaired) electrons. The molecule has 120 heavy (non-hydrogen) atoms. The summed E-state index contributed by atoms with van der Waals surface area (Å²) in [5, 5.41) is 0. The fourth-order valence-corrected chi connectivity index (χ4v) is 14.1. The minimum absolute atomic E-state index is 0.490. The zero-order chi connectivity index (χ0) is 80.2. The van der Waals surface area contributed by atoms with Crippen molar-refractivity contribution in [2.45, 2.75) is 0 Å². The van der Waals surface area contributed by atoms with Gasteiger partial charge in [-0.15, -0.1) is 0 Å². The van der Waals surface area contributed by atoms with E-state index in [-0.39, 0.29) is 0 Å². The molecule has 564 valence electrons. The van der Waals surface area contributed by atoms with Crippen molar-refractivity contribution in [2.75, 3.05) is 0 Å². The summed E-state index contributed by atoms with van der Waals surface area (Å²) in [5.41, 5.74) is 23.4. The maximum atomic E-state index is 5.27. The van der Waals surface area contributed by atoms with Gasteiger partial charge in [-0.05, 0) is 107 Å². The minimum atomic E-state index is 0.490. The number of pyridine rings is 6. The van der Waals surface area contributed by atoms with Crippen molar-refractivity contribution in [1.82, 2.24) is 79.7 Å². The van der Waals surface area contributed by atoms with E-state index in [1.807, 2.05) is 291 Å². The van der Waals surface area contributed by atoms with E-state index < -0.39 is 0 Å². The van der Waals surface area contributed by atoms with Crippen LogP contribution in [0, 0.1) is 0 Å². The molecule has 0 fully saturated rings. The highest BCUT2D eigenvalue weighted by molar-refractivity contribution is 5.85. The van der Waals surface area contributed by atoms with E-state index >= 15 is 0 Å². The van der Waals surface area contributed by atoms with Gasteiger partial charge >= 0.3 is 0 Å². The lowest BCUT2D eigenvalue weighted by Crippen LogP contribution is -2.02. The van der Waals surface area contributed by atoms with Gasteiger partial charge in [0.1, 0.15) is 0 Å². The second kappa shape index (κ2) is 34.1. The monoisotopic (exact) mass is 1540 g/mol. The van der Waals surface area contributed by atoms with Crippen LogP contribution in [0.15, 0.2) is 413 Å². The lowest BCUT2D eigenvalue weighted by molar-refractivity contribution is 1.07. The van der Waals surface area contributed by atoms with Crippen molar-refractivity contribution in [3.8, 4) is 204 Å². The quantitative estimate of drug-likeness (QED) is 0.0783. The van der Waals surface area contributed by atoms with E-state index in [0.717, 1.165) is 112 Å². The first-order valence-corrected chi connectivity index (χ1v) is 39.2. The third-order valence-electron chi connectivity index (χ3n) is 20.1. The second-order valence-corrected chi connectivity index (χ2v) is 28.1. The number of benzene rings is 10. The van der Waals surface area contributed by atoms with E-state index in [4.69, 9.17) is 79.7 Å². The maximum absolute atomic E-state index is 5.27. The molecule has 0 amide bonds. The van der Waals surface area contributed by atoms with Crippen LogP contribution in [0.5, 0.6) is 0 Å². The fourth-order valence-electron chi connectivity index (χ4n) is 14.1. The van der Waals surface area contributed by atoms with Gasteiger partial charge in [0.2, 0.25) is 0 Å². The molecule has 0 N–H and O–H groups in total. The first-order valence-electron chi connectivity index (χ1n) is 39.2. The van der Waals surface area contributed by atoms with Crippen molar-refractivity contribution in [3.05, 3.63) is 413 Å². The molecule has 0 bridgehead atoms. The summed E-state index contributed by atoms with van der Waals surface area (Å²) in [6, 6.07) is 129. The SMILES string of the molecule is c1ccc(-c2cc(-c3cc(-c4nc(-c5ccccc5)cc(-c5ccccc5)n4)ccn3)nc(-c3cc(-c4nc(-c5ccccc5)nc(-c5ccccc5)n4)ccn3)c2)cc1.c1ccc(-c2cc(-c3cc(-c4nc(-c5ccccc5)cc(-c5ccccc5)n4)ccn3)nc(-c3ncccc3-c3nc(-c4ccccc4)nc(-c4ccccc4)n3)c2)cc1. The summed E-state index contributed by atoms with van der Waals surface area (Å²) in [6.45, 7) is 0. The summed E-state index contributed by atoms with van der Waals surface area (Å²) in [4.78, 5) is 80.0. The first-order chi connectivity index (χ1) is 59.4. The summed E-state index contributed by atoms with van der Waals surface area (Å²) in [5.74, 6) is 4.51. The zero-order valence-electron chi connectivity index (χ0n) is 64.4. The van der Waals surface area contributed by atoms with E-state index in [2.05, 4.69) is 97.1 Å². The Morgan fingerprint density at radius 3 is 0.650 bits per heavy atom. The van der Waals surface area contributed by atoms with E-state index in [1.165, 1.54) is 0 Å². The third kappa shape index (κ3) is 16.5. The van der Waals surface area contributed by atoms with Crippen molar-refractivity contribution in [2.24, 2.45) is 0 Å². The predicted octanol–water partition coefficient (Wildman–Crippen LogP) is 23.7. The van der Waals surface area contributed by atoms with Gasteiger partial charge in [0.25, 0.3) is 0 Å². The second-order valence-electron chi connectivity index (χ2n) is 28.1. The fraction of sp³-hybridized carbons (Fsp3) is 0. The molecule has 0 aliphatic carbocycles. The number of nitrogens with zero attached hydrogens (tertiary/aromatic N) is 16. The van der Waals surface area contributed by atoms with Crippen LogP contribution in [0.1, 0.15) is 0 Å². The molecule has 0 unspecified atom stereocenters. The van der Waals surface area contributed by atoms with Gasteiger partial charge in [-0.2, -0.15) is 0 Å². The van der Waals surface area contributed by atoms with Crippen LogP contribution in [0.3, 0.4) is 0 Å². The summed E-state index contributed by atoms with van der Waals surface area (Å²) in [7, 11) is 0. The van der Waals surface area contributed by atoms with Gasteiger partial charge in [-0.3, -0.25) is 19.9 Å². The normalized spacial score (nSPS) is 11.0. The van der Waals surface area contributed by atoms with Gasteiger partial charge < -0.3 is 0 Å². The van der Waals surface area contributed by atoms with Crippen molar-refractivity contribution < 1.29 is 0 Å². The molecule has 20 aromatic rings. The van der Waals surface area contributed by atoms with Gasteiger partial charge in [0.05, 0.1) is 68.3 Å². The largest absolute Gasteiger partial charge is 0.255 e. The molecule has 20 rings (SSSR count). The molecular weight excluding hydrogens is 1470 g/mol. The molecule has 0 aliphatic heterocycles. The van der Waals surface area contributed by atoms with Crippen LogP contribution in [-0.2, 0) is 0 Å². The first kappa shape index (κ1) is 73.5. The zero-order valence-corrected chi connectivity index (χ0v) is 64.4. The highest BCUT2D eigenvalue weighted by Gasteiger charge is 2.23. The Bertz CT molecular complexity index is 6570. The Kier molecular flexibility index (Phi) is 20.9. The van der Waals surface area contributed by atoms with Crippen LogP contribution < -0.4 is 0 Å². The van der Waals surface area contributed by atoms with Gasteiger partial charge in [-0.1, -0.05) is 303 Å². The smallest absolute Gasteiger partial charge is 0.166 e. The van der Waals surface area contributed by atoms with Crippen LogP contribution in [-0.4, -0.2) is 79.7 Å². The lowest BCUT2D eigenvalue weighted by atomic mass is 10.0. The highest BCUT2D eigenvalue weighted by atomic mass is 15.0. The van der Waals surface area contributed by atoms with Crippen LogP contribution in [0.4, 0.5) is 0 Å². The summed E-state index contributed by atoms with van der Waals surface area (Å²) in [6.07, 6.45) is 7.12. The van der Waals surface area contributed by atoms with Crippen molar-refractivity contribution >= 4 is 0 Å². The Hall–Kier alpha value is -16.7. The molecule has 0 aliphatic rings. The Balaban J connectivity index is 0.000000159. The average Bonchev–Trinajstić information content (AvgIpc) is 0.801.